The highest BCUT2D eigenvalue weighted by atomic mass is 16.6. The Hall–Kier alpha value is -1.46. The van der Waals surface area contributed by atoms with Crippen LogP contribution in [0, 0.1) is 0 Å². The van der Waals surface area contributed by atoms with Gasteiger partial charge in [0.2, 0.25) is 0 Å². The molecule has 0 unspecified atom stereocenters. The Morgan fingerprint density at radius 2 is 1.36 bits per heavy atom. The summed E-state index contributed by atoms with van der Waals surface area (Å²) in [6.45, 7) is 0.660. The molecule has 2 heterocycles. The lowest BCUT2D eigenvalue weighted by Gasteiger charge is -2.10. The van der Waals surface area contributed by atoms with Gasteiger partial charge in [-0.05, 0) is 11.1 Å². The standard InChI is InChI=1S/C6H8N6O2/c7-11-9-3-1-13-6-4(10-12-8)2-14-5(3)6/h3-6H,1-2H2/t3-,4+,5-,6-/m1/s1. The second-order valence-electron chi connectivity index (χ2n) is 3.14. The summed E-state index contributed by atoms with van der Waals surface area (Å²) in [4.78, 5) is 5.42. The van der Waals surface area contributed by atoms with Crippen molar-refractivity contribution >= 4 is 0 Å². The van der Waals surface area contributed by atoms with Crippen molar-refractivity contribution in [2.75, 3.05) is 13.2 Å². The number of azide groups is 2. The number of rotatable bonds is 2. The van der Waals surface area contributed by atoms with E-state index in [4.69, 9.17) is 20.5 Å². The Balaban J connectivity index is 2.11. The number of ether oxygens (including phenoxy) is 2. The molecular formula is C6H8N6O2. The SMILES string of the molecule is [N-]=[N+]=N[C@H]1CO[C@H]2[C@@H]1OC[C@H]2N=[N+]=[N-]. The van der Waals surface area contributed by atoms with E-state index >= 15 is 0 Å². The van der Waals surface area contributed by atoms with E-state index in [0.717, 1.165) is 0 Å². The van der Waals surface area contributed by atoms with Gasteiger partial charge in [0.1, 0.15) is 0 Å². The molecule has 0 saturated carbocycles. The second kappa shape index (κ2) is 3.73. The van der Waals surface area contributed by atoms with Gasteiger partial charge in [0.15, 0.2) is 0 Å². The average molecular weight is 196 g/mol. The summed E-state index contributed by atoms with van der Waals surface area (Å²) in [5.41, 5.74) is 16.6. The first-order valence-electron chi connectivity index (χ1n) is 4.18. The Bertz CT molecular complexity index is 288. The molecule has 2 fully saturated rings. The average Bonchev–Trinajstić information content (AvgIpc) is 2.72. The van der Waals surface area contributed by atoms with E-state index in [1.54, 1.807) is 0 Å². The van der Waals surface area contributed by atoms with E-state index in [9.17, 15) is 0 Å². The molecule has 2 saturated heterocycles. The lowest BCUT2D eigenvalue weighted by atomic mass is 10.1. The summed E-state index contributed by atoms with van der Waals surface area (Å²) in [6, 6.07) is -0.604. The van der Waals surface area contributed by atoms with E-state index in [2.05, 4.69) is 20.1 Å². The first-order chi connectivity index (χ1) is 6.86. The maximum absolute atomic E-state index is 8.28. The van der Waals surface area contributed by atoms with Crippen LogP contribution in [0.3, 0.4) is 0 Å². The summed E-state index contributed by atoms with van der Waals surface area (Å²) in [5, 5.41) is 7.11. The predicted molar refractivity (Wildman–Crippen MR) is 45.3 cm³/mol. The number of nitrogens with zero attached hydrogens (tertiary/aromatic N) is 6. The zero-order chi connectivity index (χ0) is 9.97. The Morgan fingerprint density at radius 1 is 0.929 bits per heavy atom. The summed E-state index contributed by atoms with van der Waals surface area (Å²) >= 11 is 0. The van der Waals surface area contributed by atoms with E-state index in [1.165, 1.54) is 0 Å². The lowest BCUT2D eigenvalue weighted by molar-refractivity contribution is 0.0692. The molecule has 2 rings (SSSR count). The third-order valence-electron chi connectivity index (χ3n) is 2.40. The molecule has 0 spiro atoms. The molecule has 0 aromatic carbocycles. The van der Waals surface area contributed by atoms with Gasteiger partial charge in [-0.15, -0.1) is 0 Å². The summed E-state index contributed by atoms with van der Waals surface area (Å²) < 4.78 is 10.7. The molecule has 0 aromatic rings. The van der Waals surface area contributed by atoms with Crippen molar-refractivity contribution in [3.8, 4) is 0 Å². The molecule has 0 aromatic heterocycles. The highest BCUT2D eigenvalue weighted by molar-refractivity contribution is 5.00. The second-order valence-corrected chi connectivity index (χ2v) is 3.14. The maximum Gasteiger partial charge on any atom is 0.0948 e. The number of hydrogen-bond donors (Lipinski definition) is 0. The van der Waals surface area contributed by atoms with Crippen molar-refractivity contribution < 1.29 is 9.47 Å². The zero-order valence-corrected chi connectivity index (χ0v) is 7.22. The number of hydrogen-bond acceptors (Lipinski definition) is 4. The molecule has 0 amide bonds. The molecule has 2 aliphatic rings. The molecule has 0 bridgehead atoms. The van der Waals surface area contributed by atoms with Gasteiger partial charge in [0.05, 0.1) is 37.5 Å². The molecule has 0 aliphatic carbocycles. The molecule has 8 heteroatoms. The summed E-state index contributed by atoms with van der Waals surface area (Å²) in [6.07, 6.45) is -0.525. The summed E-state index contributed by atoms with van der Waals surface area (Å²) in [7, 11) is 0. The van der Waals surface area contributed by atoms with Gasteiger partial charge in [-0.1, -0.05) is 10.2 Å². The number of fused-ring (bicyclic) bond motifs is 1. The fraction of sp³-hybridized carbons (Fsp3) is 1.00. The minimum Gasteiger partial charge on any atom is -0.374 e. The van der Waals surface area contributed by atoms with E-state index in [0.29, 0.717) is 13.2 Å². The highest BCUT2D eigenvalue weighted by Gasteiger charge is 2.46. The van der Waals surface area contributed by atoms with Crippen LogP contribution in [-0.2, 0) is 9.47 Å². The largest absolute Gasteiger partial charge is 0.374 e. The fourth-order valence-electron chi connectivity index (χ4n) is 1.79. The van der Waals surface area contributed by atoms with Crippen LogP contribution in [-0.4, -0.2) is 37.5 Å². The van der Waals surface area contributed by atoms with Gasteiger partial charge < -0.3 is 9.47 Å². The molecular weight excluding hydrogens is 188 g/mol. The van der Waals surface area contributed by atoms with Crippen molar-refractivity contribution in [1.29, 1.82) is 0 Å². The van der Waals surface area contributed by atoms with Crippen LogP contribution in [0.1, 0.15) is 0 Å². The predicted octanol–water partition coefficient (Wildman–Crippen LogP) is 1.14. The van der Waals surface area contributed by atoms with Gasteiger partial charge >= 0.3 is 0 Å². The quantitative estimate of drug-likeness (QED) is 0.374. The van der Waals surface area contributed by atoms with Crippen molar-refractivity contribution in [1.82, 2.24) is 0 Å². The van der Waals surface area contributed by atoms with Crippen LogP contribution >= 0.6 is 0 Å². The highest BCUT2D eigenvalue weighted by Crippen LogP contribution is 2.30. The van der Waals surface area contributed by atoms with Crippen LogP contribution in [0.15, 0.2) is 10.2 Å². The van der Waals surface area contributed by atoms with Gasteiger partial charge in [-0.25, -0.2) is 0 Å². The van der Waals surface area contributed by atoms with Crippen LogP contribution < -0.4 is 0 Å². The van der Waals surface area contributed by atoms with Gasteiger partial charge in [-0.3, -0.25) is 0 Å². The molecule has 0 N–H and O–H groups in total. The van der Waals surface area contributed by atoms with Crippen LogP contribution in [0.2, 0.25) is 0 Å². The minimum atomic E-state index is -0.302. The van der Waals surface area contributed by atoms with Gasteiger partial charge in [0.25, 0.3) is 0 Å². The van der Waals surface area contributed by atoms with E-state index in [1.807, 2.05) is 0 Å². The monoisotopic (exact) mass is 196 g/mol. The Kier molecular flexibility index (Phi) is 2.43. The zero-order valence-electron chi connectivity index (χ0n) is 7.22. The first kappa shape index (κ1) is 9.11. The molecule has 74 valence electrons. The molecule has 0 radical (unpaired) electrons. The smallest absolute Gasteiger partial charge is 0.0948 e. The molecule has 2 aliphatic heterocycles. The lowest BCUT2D eigenvalue weighted by Crippen LogP contribution is -2.29. The normalized spacial score (nSPS) is 39.7. The van der Waals surface area contributed by atoms with Gasteiger partial charge in [0, 0.05) is 9.82 Å². The fourth-order valence-corrected chi connectivity index (χ4v) is 1.79. The Labute approximate surface area is 79.0 Å². The third-order valence-corrected chi connectivity index (χ3v) is 2.40. The van der Waals surface area contributed by atoms with Gasteiger partial charge in [-0.2, -0.15) is 0 Å². The van der Waals surface area contributed by atoms with Crippen LogP contribution in [0.5, 0.6) is 0 Å². The van der Waals surface area contributed by atoms with Crippen molar-refractivity contribution in [3.63, 3.8) is 0 Å². The Morgan fingerprint density at radius 3 is 1.71 bits per heavy atom. The van der Waals surface area contributed by atoms with Crippen molar-refractivity contribution in [3.05, 3.63) is 20.9 Å². The minimum absolute atomic E-state index is 0.263. The summed E-state index contributed by atoms with van der Waals surface area (Å²) in [5.74, 6) is 0. The third kappa shape index (κ3) is 1.36. The molecule has 14 heavy (non-hydrogen) atoms. The van der Waals surface area contributed by atoms with E-state index in [-0.39, 0.29) is 24.3 Å². The topological polar surface area (TPSA) is 116 Å². The first-order valence-corrected chi connectivity index (χ1v) is 4.18. The molecule has 4 atom stereocenters. The molecule has 8 nitrogen and oxygen atoms in total. The maximum atomic E-state index is 8.28. The van der Waals surface area contributed by atoms with Crippen molar-refractivity contribution in [2.45, 2.75) is 24.3 Å². The van der Waals surface area contributed by atoms with E-state index < -0.39 is 0 Å². The van der Waals surface area contributed by atoms with Crippen molar-refractivity contribution in [2.24, 2.45) is 10.2 Å². The van der Waals surface area contributed by atoms with Crippen LogP contribution in [0.4, 0.5) is 0 Å². The van der Waals surface area contributed by atoms with Crippen LogP contribution in [0.25, 0.3) is 20.9 Å².